The van der Waals surface area contributed by atoms with E-state index in [1.54, 1.807) is 0 Å². The molecule has 3 N–H and O–H groups in total. The first-order valence-electron chi connectivity index (χ1n) is 6.63. The van der Waals surface area contributed by atoms with E-state index in [0.29, 0.717) is 18.1 Å². The lowest BCUT2D eigenvalue weighted by atomic mass is 9.82. The maximum Gasteiger partial charge on any atom is 0.0624 e. The molecular weight excluding hydrogens is 248 g/mol. The SMILES string of the molecule is NNC(Cc1ccccc1Cl)C1CC2CCC1O2. The average molecular weight is 267 g/mol. The molecule has 0 amide bonds. The molecule has 0 spiro atoms. The van der Waals surface area contributed by atoms with Crippen molar-refractivity contribution in [3.8, 4) is 0 Å². The van der Waals surface area contributed by atoms with Crippen molar-refractivity contribution in [2.75, 3.05) is 0 Å². The minimum absolute atomic E-state index is 0.250. The van der Waals surface area contributed by atoms with Crippen molar-refractivity contribution in [1.29, 1.82) is 0 Å². The quantitative estimate of drug-likeness (QED) is 0.649. The van der Waals surface area contributed by atoms with E-state index in [4.69, 9.17) is 22.2 Å². The standard InChI is InChI=1S/C14H19ClN2O/c15-12-4-2-1-3-9(12)7-13(17-16)11-8-10-5-6-14(11)18-10/h1-4,10-11,13-14,17H,5-8,16H2. The lowest BCUT2D eigenvalue weighted by Gasteiger charge is -2.28. The normalized spacial score (nSPS) is 31.8. The van der Waals surface area contributed by atoms with E-state index in [9.17, 15) is 0 Å². The molecule has 1 aromatic carbocycles. The Labute approximate surface area is 113 Å². The number of fused-ring (bicyclic) bond motifs is 2. The molecular formula is C14H19ClN2O. The number of nitrogens with two attached hydrogens (primary N) is 1. The van der Waals surface area contributed by atoms with Crippen LogP contribution < -0.4 is 11.3 Å². The van der Waals surface area contributed by atoms with Gasteiger partial charge in [0.05, 0.1) is 12.2 Å². The van der Waals surface area contributed by atoms with Crippen molar-refractivity contribution in [2.24, 2.45) is 11.8 Å². The number of benzene rings is 1. The van der Waals surface area contributed by atoms with Crippen LogP contribution in [-0.4, -0.2) is 18.2 Å². The molecule has 2 heterocycles. The molecule has 0 radical (unpaired) electrons. The Morgan fingerprint density at radius 1 is 1.39 bits per heavy atom. The van der Waals surface area contributed by atoms with Crippen LogP contribution in [0.15, 0.2) is 24.3 Å². The van der Waals surface area contributed by atoms with Gasteiger partial charge in [-0.2, -0.15) is 0 Å². The van der Waals surface area contributed by atoms with Gasteiger partial charge in [-0.1, -0.05) is 29.8 Å². The van der Waals surface area contributed by atoms with Crippen LogP contribution in [0.5, 0.6) is 0 Å². The Bertz CT molecular complexity index is 426. The highest BCUT2D eigenvalue weighted by molar-refractivity contribution is 6.31. The molecule has 2 aliphatic heterocycles. The molecule has 1 aromatic rings. The zero-order chi connectivity index (χ0) is 12.5. The van der Waals surface area contributed by atoms with Crippen LogP contribution in [0.25, 0.3) is 0 Å². The Balaban J connectivity index is 1.72. The molecule has 0 saturated carbocycles. The Kier molecular flexibility index (Phi) is 3.57. The summed E-state index contributed by atoms with van der Waals surface area (Å²) in [4.78, 5) is 0. The van der Waals surface area contributed by atoms with Gasteiger partial charge < -0.3 is 4.74 Å². The Morgan fingerprint density at radius 3 is 2.83 bits per heavy atom. The fourth-order valence-electron chi connectivity index (χ4n) is 3.34. The molecule has 2 saturated heterocycles. The maximum atomic E-state index is 6.21. The van der Waals surface area contributed by atoms with Gasteiger partial charge in [-0.05, 0) is 37.3 Å². The van der Waals surface area contributed by atoms with Gasteiger partial charge in [0.2, 0.25) is 0 Å². The van der Waals surface area contributed by atoms with Crippen LogP contribution in [0.4, 0.5) is 0 Å². The molecule has 4 unspecified atom stereocenters. The number of nitrogens with one attached hydrogen (secondary N) is 1. The van der Waals surface area contributed by atoms with E-state index in [2.05, 4.69) is 11.5 Å². The summed E-state index contributed by atoms with van der Waals surface area (Å²) in [5, 5.41) is 0.821. The molecule has 2 aliphatic rings. The summed E-state index contributed by atoms with van der Waals surface area (Å²) >= 11 is 6.21. The van der Waals surface area contributed by atoms with Crippen molar-refractivity contribution in [3.63, 3.8) is 0 Å². The van der Waals surface area contributed by atoms with Crippen LogP contribution >= 0.6 is 11.6 Å². The average Bonchev–Trinajstić information content (AvgIpc) is 3.00. The fourth-order valence-corrected chi connectivity index (χ4v) is 3.55. The molecule has 18 heavy (non-hydrogen) atoms. The van der Waals surface area contributed by atoms with Gasteiger partial charge in [-0.25, -0.2) is 0 Å². The van der Waals surface area contributed by atoms with E-state index in [-0.39, 0.29) is 6.04 Å². The van der Waals surface area contributed by atoms with Crippen molar-refractivity contribution in [3.05, 3.63) is 34.9 Å². The number of ether oxygens (including phenoxy) is 1. The predicted molar refractivity (Wildman–Crippen MR) is 72.3 cm³/mol. The number of hydrogen-bond donors (Lipinski definition) is 2. The first-order chi connectivity index (χ1) is 8.78. The number of hydrazine groups is 1. The number of hydrogen-bond acceptors (Lipinski definition) is 3. The highest BCUT2D eigenvalue weighted by atomic mass is 35.5. The van der Waals surface area contributed by atoms with Gasteiger partial charge in [0.15, 0.2) is 0 Å². The Hall–Kier alpha value is -0.610. The number of halogens is 1. The van der Waals surface area contributed by atoms with Gasteiger partial charge in [-0.3, -0.25) is 11.3 Å². The van der Waals surface area contributed by atoms with E-state index < -0.39 is 0 Å². The lowest BCUT2D eigenvalue weighted by Crippen LogP contribution is -2.45. The van der Waals surface area contributed by atoms with Crippen molar-refractivity contribution in [2.45, 2.75) is 43.9 Å². The fraction of sp³-hybridized carbons (Fsp3) is 0.571. The smallest absolute Gasteiger partial charge is 0.0624 e. The zero-order valence-electron chi connectivity index (χ0n) is 10.3. The second-order valence-electron chi connectivity index (χ2n) is 5.34. The van der Waals surface area contributed by atoms with Crippen LogP contribution in [0.3, 0.4) is 0 Å². The van der Waals surface area contributed by atoms with Crippen molar-refractivity contribution >= 4 is 11.6 Å². The minimum Gasteiger partial charge on any atom is -0.375 e. The second kappa shape index (κ2) is 5.17. The van der Waals surface area contributed by atoms with E-state index >= 15 is 0 Å². The summed E-state index contributed by atoms with van der Waals surface area (Å²) in [6, 6.07) is 8.23. The minimum atomic E-state index is 0.250. The highest BCUT2D eigenvalue weighted by Crippen LogP contribution is 2.41. The van der Waals surface area contributed by atoms with Crippen LogP contribution in [0.2, 0.25) is 5.02 Å². The Morgan fingerprint density at radius 2 is 2.22 bits per heavy atom. The first-order valence-corrected chi connectivity index (χ1v) is 7.00. The van der Waals surface area contributed by atoms with Crippen LogP contribution in [0, 0.1) is 5.92 Å². The molecule has 3 nitrogen and oxygen atoms in total. The third kappa shape index (κ3) is 2.28. The summed E-state index contributed by atoms with van der Waals surface area (Å²) in [6.45, 7) is 0. The predicted octanol–water partition coefficient (Wildman–Crippen LogP) is 2.28. The largest absolute Gasteiger partial charge is 0.375 e. The molecule has 98 valence electrons. The van der Waals surface area contributed by atoms with Gasteiger partial charge in [-0.15, -0.1) is 0 Å². The zero-order valence-corrected chi connectivity index (χ0v) is 11.1. The summed E-state index contributed by atoms with van der Waals surface area (Å²) in [7, 11) is 0. The van der Waals surface area contributed by atoms with E-state index in [1.807, 2.05) is 18.2 Å². The summed E-state index contributed by atoms with van der Waals surface area (Å²) in [6.07, 6.45) is 5.23. The van der Waals surface area contributed by atoms with Crippen LogP contribution in [0.1, 0.15) is 24.8 Å². The highest BCUT2D eigenvalue weighted by Gasteiger charge is 2.44. The van der Waals surface area contributed by atoms with Crippen molar-refractivity contribution in [1.82, 2.24) is 5.43 Å². The summed E-state index contributed by atoms with van der Waals surface area (Å²) in [5.74, 6) is 6.25. The van der Waals surface area contributed by atoms with E-state index in [1.165, 1.54) is 12.8 Å². The molecule has 4 atom stereocenters. The number of rotatable bonds is 4. The summed E-state index contributed by atoms with van der Waals surface area (Å²) in [5.41, 5.74) is 4.12. The molecule has 4 heteroatoms. The monoisotopic (exact) mass is 266 g/mol. The molecule has 3 rings (SSSR count). The molecule has 0 aliphatic carbocycles. The first kappa shape index (κ1) is 12.4. The summed E-state index contributed by atoms with van der Waals surface area (Å²) < 4.78 is 5.91. The van der Waals surface area contributed by atoms with Gasteiger partial charge >= 0.3 is 0 Å². The van der Waals surface area contributed by atoms with Gasteiger partial charge in [0.25, 0.3) is 0 Å². The van der Waals surface area contributed by atoms with E-state index in [0.717, 1.165) is 23.4 Å². The third-order valence-corrected chi connectivity index (χ3v) is 4.65. The lowest BCUT2D eigenvalue weighted by molar-refractivity contribution is 0.0857. The molecule has 0 aromatic heterocycles. The maximum absolute atomic E-state index is 6.21. The molecule has 2 fully saturated rings. The van der Waals surface area contributed by atoms with Gasteiger partial charge in [0.1, 0.15) is 0 Å². The second-order valence-corrected chi connectivity index (χ2v) is 5.75. The topological polar surface area (TPSA) is 47.3 Å². The third-order valence-electron chi connectivity index (χ3n) is 4.28. The van der Waals surface area contributed by atoms with Gasteiger partial charge in [0, 0.05) is 17.0 Å². The molecule has 2 bridgehead atoms. The van der Waals surface area contributed by atoms with Crippen LogP contribution in [-0.2, 0) is 11.2 Å². The van der Waals surface area contributed by atoms with Crippen molar-refractivity contribution < 1.29 is 4.74 Å².